The van der Waals surface area contributed by atoms with E-state index in [-0.39, 0.29) is 24.5 Å². The Morgan fingerprint density at radius 3 is 2.62 bits per heavy atom. The summed E-state index contributed by atoms with van der Waals surface area (Å²) >= 11 is 1.77. The molecule has 2 heterocycles. The van der Waals surface area contributed by atoms with Gasteiger partial charge in [0.15, 0.2) is 0 Å². The Bertz CT molecular complexity index is 861. The highest BCUT2D eigenvalue weighted by atomic mass is 32.1. The van der Waals surface area contributed by atoms with Crippen molar-refractivity contribution >= 4 is 23.3 Å². The maximum absolute atomic E-state index is 13.4. The Kier molecular flexibility index (Phi) is 6.96. The van der Waals surface area contributed by atoms with E-state index in [1.54, 1.807) is 35.2 Å². The van der Waals surface area contributed by atoms with Crippen LogP contribution in [-0.2, 0) is 11.2 Å². The van der Waals surface area contributed by atoms with Crippen molar-refractivity contribution in [3.8, 4) is 0 Å². The van der Waals surface area contributed by atoms with Crippen LogP contribution < -0.4 is 0 Å². The molecule has 3 rings (SSSR count). The Morgan fingerprint density at radius 1 is 1.17 bits per heavy atom. The second-order valence-corrected chi connectivity index (χ2v) is 8.85. The fraction of sp³-hybridized carbons (Fsp3) is 0.478. The van der Waals surface area contributed by atoms with Crippen LogP contribution in [0.5, 0.6) is 0 Å². The minimum Gasteiger partial charge on any atom is -0.331 e. The topological polar surface area (TPSA) is 43.9 Å². The third-order valence-electron chi connectivity index (χ3n) is 5.53. The second kappa shape index (κ2) is 9.44. The van der Waals surface area contributed by atoms with Gasteiger partial charge in [0.05, 0.1) is 6.04 Å². The van der Waals surface area contributed by atoms with Gasteiger partial charge in [-0.2, -0.15) is 0 Å². The molecule has 0 saturated carbocycles. The zero-order chi connectivity index (χ0) is 21.0. The fourth-order valence-electron chi connectivity index (χ4n) is 3.94. The van der Waals surface area contributed by atoms with Gasteiger partial charge in [-0.1, -0.05) is 37.6 Å². The molecule has 3 amide bonds. The molecule has 1 atom stereocenters. The molecule has 0 N–H and O–H groups in total. The zero-order valence-corrected chi connectivity index (χ0v) is 18.7. The number of carbonyl (C=O) groups excluding carboxylic acids is 2. The molecule has 0 fully saturated rings. The monoisotopic (exact) mass is 413 g/mol. The molecule has 156 valence electrons. The fourth-order valence-corrected chi connectivity index (χ4v) is 4.85. The van der Waals surface area contributed by atoms with Gasteiger partial charge in [0.25, 0.3) is 0 Å². The number of hydrogen-bond donors (Lipinski definition) is 0. The first-order chi connectivity index (χ1) is 13.9. The molecule has 1 aromatic carbocycles. The number of benzene rings is 1. The van der Waals surface area contributed by atoms with Gasteiger partial charge in [0.2, 0.25) is 5.91 Å². The van der Waals surface area contributed by atoms with E-state index >= 15 is 0 Å². The summed E-state index contributed by atoms with van der Waals surface area (Å²) in [5, 5.41) is 2.12. The van der Waals surface area contributed by atoms with E-state index < -0.39 is 0 Å². The molecular formula is C23H31N3O2S. The molecule has 0 spiro atoms. The molecule has 0 saturated heterocycles. The summed E-state index contributed by atoms with van der Waals surface area (Å²) in [6.45, 7) is 5.60. The lowest BCUT2D eigenvalue weighted by molar-refractivity contribution is -0.134. The van der Waals surface area contributed by atoms with E-state index in [1.165, 1.54) is 21.6 Å². The van der Waals surface area contributed by atoms with Gasteiger partial charge < -0.3 is 14.7 Å². The molecule has 0 unspecified atom stereocenters. The van der Waals surface area contributed by atoms with Crippen LogP contribution in [0.4, 0.5) is 4.79 Å². The highest BCUT2D eigenvalue weighted by Crippen LogP contribution is 2.38. The lowest BCUT2D eigenvalue weighted by Gasteiger charge is -2.38. The Hall–Kier alpha value is -2.34. The summed E-state index contributed by atoms with van der Waals surface area (Å²) in [6, 6.07) is 10.2. The highest BCUT2D eigenvalue weighted by molar-refractivity contribution is 7.10. The zero-order valence-electron chi connectivity index (χ0n) is 17.9. The van der Waals surface area contributed by atoms with Crippen LogP contribution in [0.2, 0.25) is 0 Å². The quantitative estimate of drug-likeness (QED) is 0.708. The van der Waals surface area contributed by atoms with Crippen molar-refractivity contribution in [3.05, 3.63) is 57.3 Å². The molecule has 1 aromatic heterocycles. The van der Waals surface area contributed by atoms with Crippen LogP contribution in [0.15, 0.2) is 35.7 Å². The van der Waals surface area contributed by atoms with Crippen LogP contribution >= 0.6 is 11.3 Å². The average molecular weight is 414 g/mol. The number of urea groups is 1. The minimum atomic E-state index is -0.104. The van der Waals surface area contributed by atoms with E-state index in [9.17, 15) is 9.59 Å². The van der Waals surface area contributed by atoms with Crippen molar-refractivity contribution in [1.82, 2.24) is 14.7 Å². The Morgan fingerprint density at radius 2 is 1.93 bits per heavy atom. The van der Waals surface area contributed by atoms with E-state index in [0.29, 0.717) is 13.1 Å². The van der Waals surface area contributed by atoms with E-state index in [0.717, 1.165) is 19.3 Å². The summed E-state index contributed by atoms with van der Waals surface area (Å²) in [6.07, 6.45) is 2.75. The summed E-state index contributed by atoms with van der Waals surface area (Å²) < 4.78 is 0. The van der Waals surface area contributed by atoms with Crippen molar-refractivity contribution in [1.29, 1.82) is 0 Å². The molecule has 5 nitrogen and oxygen atoms in total. The second-order valence-electron chi connectivity index (χ2n) is 7.85. The number of thiophene rings is 1. The van der Waals surface area contributed by atoms with Crippen molar-refractivity contribution in [2.24, 2.45) is 0 Å². The van der Waals surface area contributed by atoms with Crippen molar-refractivity contribution in [2.75, 3.05) is 33.7 Å². The molecule has 1 aliphatic rings. The SMILES string of the molecule is CCCCN(CC(=O)N1CCc2sccc2[C@H]1c1ccccc1C)C(=O)N(C)C. The average Bonchev–Trinajstić information content (AvgIpc) is 3.19. The van der Waals surface area contributed by atoms with Crippen LogP contribution in [0.1, 0.15) is 47.4 Å². The van der Waals surface area contributed by atoms with Gasteiger partial charge in [0.1, 0.15) is 6.54 Å². The smallest absolute Gasteiger partial charge is 0.319 e. The molecule has 0 radical (unpaired) electrons. The summed E-state index contributed by atoms with van der Waals surface area (Å²) in [7, 11) is 3.47. The van der Waals surface area contributed by atoms with E-state index in [1.807, 2.05) is 17.0 Å². The molecule has 2 aromatic rings. The van der Waals surface area contributed by atoms with Crippen molar-refractivity contribution in [3.63, 3.8) is 0 Å². The van der Waals surface area contributed by atoms with Crippen LogP contribution in [0, 0.1) is 6.92 Å². The van der Waals surface area contributed by atoms with Crippen LogP contribution in [0.3, 0.4) is 0 Å². The predicted octanol–water partition coefficient (Wildman–Crippen LogP) is 4.31. The standard InChI is InChI=1S/C23H31N3O2S/c1-5-6-13-25(23(28)24(3)4)16-21(27)26-14-11-20-19(12-15-29-20)22(26)18-10-8-7-9-17(18)2/h7-10,12,15,22H,5-6,11,13-14,16H2,1-4H3/t22-/m1/s1. The number of aryl methyl sites for hydroxylation is 1. The minimum absolute atomic E-state index is 0.0152. The van der Waals surface area contributed by atoms with Gasteiger partial charge in [-0.25, -0.2) is 4.79 Å². The van der Waals surface area contributed by atoms with Gasteiger partial charge >= 0.3 is 6.03 Å². The van der Waals surface area contributed by atoms with Gasteiger partial charge in [-0.15, -0.1) is 11.3 Å². The van der Waals surface area contributed by atoms with Gasteiger partial charge in [0, 0.05) is 32.1 Å². The third kappa shape index (κ3) is 4.64. The van der Waals surface area contributed by atoms with Gasteiger partial charge in [-0.3, -0.25) is 4.79 Å². The molecule has 0 aliphatic carbocycles. The molecular weight excluding hydrogens is 382 g/mol. The number of carbonyl (C=O) groups is 2. The van der Waals surface area contributed by atoms with E-state index in [2.05, 4.69) is 37.4 Å². The number of hydrogen-bond acceptors (Lipinski definition) is 3. The summed E-state index contributed by atoms with van der Waals surface area (Å²) in [5.41, 5.74) is 3.57. The number of fused-ring (bicyclic) bond motifs is 1. The maximum atomic E-state index is 13.4. The number of rotatable bonds is 6. The molecule has 1 aliphatic heterocycles. The third-order valence-corrected chi connectivity index (χ3v) is 6.53. The summed E-state index contributed by atoms with van der Waals surface area (Å²) in [4.78, 5) is 32.6. The number of nitrogens with zero attached hydrogens (tertiary/aromatic N) is 3. The molecule has 0 bridgehead atoms. The first-order valence-corrected chi connectivity index (χ1v) is 11.2. The van der Waals surface area contributed by atoms with E-state index in [4.69, 9.17) is 0 Å². The van der Waals surface area contributed by atoms with Crippen molar-refractivity contribution in [2.45, 2.75) is 39.2 Å². The Balaban J connectivity index is 1.90. The van der Waals surface area contributed by atoms with Crippen LogP contribution in [0.25, 0.3) is 0 Å². The lowest BCUT2D eigenvalue weighted by atomic mass is 9.90. The molecule has 6 heteroatoms. The molecule has 29 heavy (non-hydrogen) atoms. The first-order valence-electron chi connectivity index (χ1n) is 10.3. The first kappa shape index (κ1) is 21.4. The number of amides is 3. The normalized spacial score (nSPS) is 15.7. The predicted molar refractivity (Wildman–Crippen MR) is 118 cm³/mol. The van der Waals surface area contributed by atoms with Crippen molar-refractivity contribution < 1.29 is 9.59 Å². The lowest BCUT2D eigenvalue weighted by Crippen LogP contribution is -2.49. The maximum Gasteiger partial charge on any atom is 0.319 e. The summed E-state index contributed by atoms with van der Waals surface area (Å²) in [5.74, 6) is 0.0152. The number of unbranched alkanes of at least 4 members (excludes halogenated alkanes) is 1. The largest absolute Gasteiger partial charge is 0.331 e. The van der Waals surface area contributed by atoms with Gasteiger partial charge in [-0.05, 0) is 47.9 Å². The highest BCUT2D eigenvalue weighted by Gasteiger charge is 2.34. The van der Waals surface area contributed by atoms with Crippen LogP contribution in [-0.4, -0.2) is 60.4 Å². The Labute approximate surface area is 177 Å².